The van der Waals surface area contributed by atoms with Crippen LogP contribution in [-0.4, -0.2) is 76.6 Å². The summed E-state index contributed by atoms with van der Waals surface area (Å²) in [6.45, 7) is 1.86. The number of hydrogen-bond acceptors (Lipinski definition) is 6. The minimum atomic E-state index is -4.22. The van der Waals surface area contributed by atoms with E-state index in [0.717, 1.165) is 16.4 Å². The molecule has 0 N–H and O–H groups in total. The number of methoxy groups -OCH3 is 2. The van der Waals surface area contributed by atoms with Gasteiger partial charge in [0, 0.05) is 31.8 Å². The zero-order valence-electron chi connectivity index (χ0n) is 15.3. The summed E-state index contributed by atoms with van der Waals surface area (Å²) in [5, 5.41) is 0. The Labute approximate surface area is 157 Å². The van der Waals surface area contributed by atoms with Crippen LogP contribution in [0.15, 0.2) is 17.0 Å². The highest BCUT2D eigenvalue weighted by Gasteiger charge is 2.42. The number of hydrogen-bond donors (Lipinski definition) is 0. The van der Waals surface area contributed by atoms with Crippen molar-refractivity contribution in [2.24, 2.45) is 0 Å². The molecule has 2 heterocycles. The first-order chi connectivity index (χ1) is 12.9. The monoisotopic (exact) mass is 402 g/mol. The summed E-state index contributed by atoms with van der Waals surface area (Å²) < 4.78 is 57.2. The molecule has 150 valence electrons. The molecule has 27 heavy (non-hydrogen) atoms. The maximum Gasteiger partial charge on any atom is 0.246 e. The number of nitrogens with zero attached hydrogens (tertiary/aromatic N) is 2. The number of halogens is 1. The van der Waals surface area contributed by atoms with E-state index in [1.54, 1.807) is 4.90 Å². The molecule has 2 aliphatic heterocycles. The average Bonchev–Trinajstić information content (AvgIpc) is 3.18. The van der Waals surface area contributed by atoms with Gasteiger partial charge in [-0.3, -0.25) is 4.79 Å². The molecular weight excluding hydrogens is 379 g/mol. The Balaban J connectivity index is 1.92. The van der Waals surface area contributed by atoms with E-state index in [2.05, 4.69) is 0 Å². The normalized spacial score (nSPS) is 21.3. The lowest BCUT2D eigenvalue weighted by atomic mass is 10.2. The van der Waals surface area contributed by atoms with E-state index in [1.807, 2.05) is 0 Å². The fourth-order valence-electron chi connectivity index (χ4n) is 3.43. The van der Waals surface area contributed by atoms with Gasteiger partial charge in [-0.05, 0) is 12.8 Å². The van der Waals surface area contributed by atoms with E-state index >= 15 is 0 Å². The third-order valence-corrected chi connectivity index (χ3v) is 6.76. The van der Waals surface area contributed by atoms with E-state index in [-0.39, 0.29) is 24.0 Å². The van der Waals surface area contributed by atoms with Gasteiger partial charge in [-0.25, -0.2) is 12.8 Å². The summed E-state index contributed by atoms with van der Waals surface area (Å²) in [5.41, 5.74) is 0. The van der Waals surface area contributed by atoms with Gasteiger partial charge in [-0.15, -0.1) is 0 Å². The molecule has 1 amide bonds. The third-order valence-electron chi connectivity index (χ3n) is 4.84. The fraction of sp³-hybridized carbons (Fsp3) is 0.588. The smallest absolute Gasteiger partial charge is 0.246 e. The molecule has 2 aliphatic rings. The molecule has 0 saturated carbocycles. The van der Waals surface area contributed by atoms with Crippen LogP contribution in [0.2, 0.25) is 0 Å². The molecule has 0 aromatic heterocycles. The Hall–Kier alpha value is -1.91. The highest BCUT2D eigenvalue weighted by molar-refractivity contribution is 7.89. The van der Waals surface area contributed by atoms with Crippen LogP contribution in [0.3, 0.4) is 0 Å². The van der Waals surface area contributed by atoms with Gasteiger partial charge in [0.1, 0.15) is 16.8 Å². The van der Waals surface area contributed by atoms with Gasteiger partial charge in [0.05, 0.1) is 27.4 Å². The lowest BCUT2D eigenvalue weighted by Crippen LogP contribution is -2.51. The molecule has 0 bridgehead atoms. The van der Waals surface area contributed by atoms with Gasteiger partial charge in [0.15, 0.2) is 11.5 Å². The number of ether oxygens (including phenoxy) is 3. The topological polar surface area (TPSA) is 85.4 Å². The van der Waals surface area contributed by atoms with Gasteiger partial charge in [-0.1, -0.05) is 0 Å². The molecule has 0 spiro atoms. The number of carbonyl (C=O) groups excluding carboxylic acids is 1. The van der Waals surface area contributed by atoms with Crippen molar-refractivity contribution < 1.29 is 31.8 Å². The Morgan fingerprint density at radius 3 is 2.41 bits per heavy atom. The number of carbonyl (C=O) groups is 1. The Morgan fingerprint density at radius 2 is 1.78 bits per heavy atom. The number of rotatable bonds is 5. The minimum Gasteiger partial charge on any atom is -0.493 e. The van der Waals surface area contributed by atoms with Gasteiger partial charge < -0.3 is 19.1 Å². The summed E-state index contributed by atoms with van der Waals surface area (Å²) in [5.74, 6) is -1.01. The van der Waals surface area contributed by atoms with E-state index in [4.69, 9.17) is 14.2 Å². The summed E-state index contributed by atoms with van der Waals surface area (Å²) >= 11 is 0. The second-order valence-electron chi connectivity index (χ2n) is 6.35. The van der Waals surface area contributed by atoms with E-state index in [0.29, 0.717) is 39.1 Å². The fourth-order valence-corrected chi connectivity index (χ4v) is 5.14. The lowest BCUT2D eigenvalue weighted by molar-refractivity contribution is -0.138. The van der Waals surface area contributed by atoms with Crippen LogP contribution in [0, 0.1) is 5.82 Å². The zero-order valence-corrected chi connectivity index (χ0v) is 16.1. The van der Waals surface area contributed by atoms with Gasteiger partial charge >= 0.3 is 0 Å². The number of morpholine rings is 1. The van der Waals surface area contributed by atoms with Crippen LogP contribution in [0.1, 0.15) is 12.8 Å². The molecule has 2 fully saturated rings. The summed E-state index contributed by atoms with van der Waals surface area (Å²) in [6, 6.07) is 1.24. The molecule has 10 heteroatoms. The third kappa shape index (κ3) is 3.74. The first-order valence-corrected chi connectivity index (χ1v) is 10.1. The molecule has 1 atom stereocenters. The van der Waals surface area contributed by atoms with Crippen LogP contribution in [0.5, 0.6) is 11.5 Å². The molecule has 1 aromatic carbocycles. The molecular formula is C17H23FN2O6S. The van der Waals surface area contributed by atoms with Crippen molar-refractivity contribution in [1.29, 1.82) is 0 Å². The first kappa shape index (κ1) is 19.8. The molecule has 8 nitrogen and oxygen atoms in total. The van der Waals surface area contributed by atoms with Gasteiger partial charge in [0.2, 0.25) is 15.9 Å². The van der Waals surface area contributed by atoms with Crippen molar-refractivity contribution in [2.45, 2.75) is 23.8 Å². The Kier molecular flexibility index (Phi) is 5.87. The number of benzene rings is 1. The van der Waals surface area contributed by atoms with Crippen LogP contribution in [0.4, 0.5) is 4.39 Å². The molecule has 1 aromatic rings. The van der Waals surface area contributed by atoms with Crippen LogP contribution in [0.25, 0.3) is 0 Å². The standard InChI is InChI=1S/C17H23FN2O6S/c1-24-14-10-12(18)16(11-15(14)25-2)27(22,23)20-5-3-4-13(20)17(21)19-6-8-26-9-7-19/h10-11,13H,3-9H2,1-2H3/t13-/m0/s1. The lowest BCUT2D eigenvalue weighted by Gasteiger charge is -2.32. The Bertz CT molecular complexity index is 810. The van der Waals surface area contributed by atoms with E-state index in [9.17, 15) is 17.6 Å². The zero-order chi connectivity index (χ0) is 19.6. The van der Waals surface area contributed by atoms with Crippen molar-refractivity contribution in [2.75, 3.05) is 47.1 Å². The second kappa shape index (κ2) is 7.99. The highest BCUT2D eigenvalue weighted by atomic mass is 32.2. The quantitative estimate of drug-likeness (QED) is 0.726. The minimum absolute atomic E-state index is 0.0938. The van der Waals surface area contributed by atoms with Crippen molar-refractivity contribution in [3.05, 3.63) is 17.9 Å². The molecule has 3 rings (SSSR count). The molecule has 0 unspecified atom stereocenters. The predicted molar refractivity (Wildman–Crippen MR) is 93.8 cm³/mol. The Morgan fingerprint density at radius 1 is 1.15 bits per heavy atom. The maximum absolute atomic E-state index is 14.5. The van der Waals surface area contributed by atoms with Crippen LogP contribution >= 0.6 is 0 Å². The maximum atomic E-state index is 14.5. The summed E-state index contributed by atoms with van der Waals surface area (Å²) in [7, 11) is -1.54. The first-order valence-electron chi connectivity index (χ1n) is 8.70. The van der Waals surface area contributed by atoms with Gasteiger partial charge in [0.25, 0.3) is 0 Å². The van der Waals surface area contributed by atoms with Gasteiger partial charge in [-0.2, -0.15) is 4.31 Å². The van der Waals surface area contributed by atoms with Crippen molar-refractivity contribution in [3.63, 3.8) is 0 Å². The van der Waals surface area contributed by atoms with Crippen molar-refractivity contribution in [3.8, 4) is 11.5 Å². The molecule has 0 radical (unpaired) electrons. The predicted octanol–water partition coefficient (Wildman–Crippen LogP) is 0.855. The molecule has 2 saturated heterocycles. The second-order valence-corrected chi connectivity index (χ2v) is 8.21. The highest BCUT2D eigenvalue weighted by Crippen LogP contribution is 2.35. The SMILES string of the molecule is COc1cc(F)c(S(=O)(=O)N2CCC[C@H]2C(=O)N2CCOCC2)cc1OC. The van der Waals surface area contributed by atoms with Crippen molar-refractivity contribution in [1.82, 2.24) is 9.21 Å². The molecule has 0 aliphatic carbocycles. The number of sulfonamides is 1. The van der Waals surface area contributed by atoms with E-state index in [1.165, 1.54) is 14.2 Å². The summed E-state index contributed by atoms with van der Waals surface area (Å²) in [6.07, 6.45) is 0.944. The average molecular weight is 402 g/mol. The number of amides is 1. The van der Waals surface area contributed by atoms with Crippen LogP contribution in [-0.2, 0) is 19.6 Å². The van der Waals surface area contributed by atoms with Crippen molar-refractivity contribution >= 4 is 15.9 Å². The summed E-state index contributed by atoms with van der Waals surface area (Å²) in [4.78, 5) is 13.9. The largest absolute Gasteiger partial charge is 0.493 e. The van der Waals surface area contributed by atoms with E-state index < -0.39 is 26.8 Å². The van der Waals surface area contributed by atoms with Crippen LogP contribution < -0.4 is 9.47 Å².